The molecule has 1 atom stereocenters. The van der Waals surface area contributed by atoms with E-state index in [1.54, 1.807) is 48.5 Å². The molecule has 1 aromatic heterocycles. The van der Waals surface area contributed by atoms with Gasteiger partial charge >= 0.3 is 12.1 Å². The molecule has 3 aromatic carbocycles. The van der Waals surface area contributed by atoms with Gasteiger partial charge in [-0.15, -0.1) is 0 Å². The van der Waals surface area contributed by atoms with Crippen LogP contribution in [0.15, 0.2) is 72.8 Å². The van der Waals surface area contributed by atoms with Gasteiger partial charge in [-0.3, -0.25) is 4.79 Å². The minimum atomic E-state index is -4.51. The Labute approximate surface area is 247 Å². The number of carbonyl (C=O) groups is 2. The zero-order valence-electron chi connectivity index (χ0n) is 24.1. The summed E-state index contributed by atoms with van der Waals surface area (Å²) in [5, 5.41) is 12.8. The van der Waals surface area contributed by atoms with Crippen LogP contribution in [0.25, 0.3) is 22.0 Å². The number of aromatic nitrogens is 1. The first-order valence-corrected chi connectivity index (χ1v) is 13.8. The molecular formula is C33H33F3N2O5. The van der Waals surface area contributed by atoms with E-state index in [0.717, 1.165) is 17.7 Å². The third kappa shape index (κ3) is 8.32. The lowest BCUT2D eigenvalue weighted by molar-refractivity contribution is -0.137. The summed E-state index contributed by atoms with van der Waals surface area (Å²) in [5.74, 6) is -0.788. The van der Waals surface area contributed by atoms with Crippen LogP contribution < -0.4 is 5.32 Å². The molecule has 0 spiro atoms. The molecule has 10 heteroatoms. The second kappa shape index (κ2) is 13.7. The molecule has 0 fully saturated rings. The average Bonchev–Trinajstić information content (AvgIpc) is 2.97. The number of phenols is 1. The van der Waals surface area contributed by atoms with Gasteiger partial charge in [0.25, 0.3) is 5.91 Å². The van der Waals surface area contributed by atoms with E-state index in [0.29, 0.717) is 40.8 Å². The van der Waals surface area contributed by atoms with Crippen molar-refractivity contribution >= 4 is 22.8 Å². The predicted molar refractivity (Wildman–Crippen MR) is 157 cm³/mol. The average molecular weight is 595 g/mol. The molecule has 43 heavy (non-hydrogen) atoms. The lowest BCUT2D eigenvalue weighted by Gasteiger charge is -2.19. The predicted octanol–water partition coefficient (Wildman–Crippen LogP) is 6.82. The third-order valence-corrected chi connectivity index (χ3v) is 6.83. The van der Waals surface area contributed by atoms with Crippen LogP contribution in [-0.4, -0.2) is 48.3 Å². The summed E-state index contributed by atoms with van der Waals surface area (Å²) in [6.07, 6.45) is -3.46. The number of methoxy groups -OCH3 is 1. The Hall–Kier alpha value is -4.44. The number of fused-ring (bicyclic) bond motifs is 1. The van der Waals surface area contributed by atoms with Gasteiger partial charge in [0, 0.05) is 12.5 Å². The van der Waals surface area contributed by atoms with Gasteiger partial charge in [0.15, 0.2) is 0 Å². The van der Waals surface area contributed by atoms with Crippen molar-refractivity contribution in [1.29, 1.82) is 0 Å². The number of nitrogens with zero attached hydrogens (tertiary/aromatic N) is 1. The number of ether oxygens (including phenoxy) is 2. The van der Waals surface area contributed by atoms with Crippen LogP contribution >= 0.6 is 0 Å². The van der Waals surface area contributed by atoms with E-state index in [1.165, 1.54) is 19.2 Å². The normalized spacial score (nSPS) is 12.3. The Bertz CT molecular complexity index is 1590. The molecule has 0 bridgehead atoms. The number of rotatable bonds is 11. The lowest BCUT2D eigenvalue weighted by atomic mass is 9.98. The van der Waals surface area contributed by atoms with E-state index >= 15 is 0 Å². The molecule has 0 aliphatic rings. The lowest BCUT2D eigenvalue weighted by Crippen LogP contribution is -2.40. The van der Waals surface area contributed by atoms with E-state index in [1.807, 2.05) is 13.8 Å². The van der Waals surface area contributed by atoms with Crippen molar-refractivity contribution in [3.63, 3.8) is 0 Å². The molecule has 0 saturated carbocycles. The fourth-order valence-electron chi connectivity index (χ4n) is 4.56. The number of hydrogen-bond donors (Lipinski definition) is 2. The van der Waals surface area contributed by atoms with Crippen LogP contribution in [0.1, 0.15) is 52.2 Å². The van der Waals surface area contributed by atoms with Crippen LogP contribution in [0.4, 0.5) is 13.2 Å². The zero-order chi connectivity index (χ0) is 31.1. The fraction of sp³-hybridized carbons (Fsp3) is 0.303. The number of alkyl halides is 3. The summed E-state index contributed by atoms with van der Waals surface area (Å²) >= 11 is 0. The van der Waals surface area contributed by atoms with Gasteiger partial charge in [-0.25, -0.2) is 9.78 Å². The van der Waals surface area contributed by atoms with Gasteiger partial charge in [0.05, 0.1) is 35.9 Å². The van der Waals surface area contributed by atoms with Crippen molar-refractivity contribution in [2.75, 3.05) is 20.3 Å². The zero-order valence-corrected chi connectivity index (χ0v) is 24.1. The number of amides is 1. The van der Waals surface area contributed by atoms with E-state index in [-0.39, 0.29) is 30.2 Å². The second-order valence-electron chi connectivity index (χ2n) is 10.7. The highest BCUT2D eigenvalue weighted by molar-refractivity contribution is 6.07. The highest BCUT2D eigenvalue weighted by Gasteiger charge is 2.30. The van der Waals surface area contributed by atoms with Gasteiger partial charge < -0.3 is 19.9 Å². The summed E-state index contributed by atoms with van der Waals surface area (Å²) in [4.78, 5) is 31.1. The number of nitrogens with one attached hydrogen (secondary N) is 1. The minimum absolute atomic E-state index is 0.0260. The Morgan fingerprint density at radius 3 is 2.37 bits per heavy atom. The van der Waals surface area contributed by atoms with Crippen molar-refractivity contribution in [1.82, 2.24) is 10.3 Å². The highest BCUT2D eigenvalue weighted by atomic mass is 19.4. The molecule has 0 aliphatic carbocycles. The first-order chi connectivity index (χ1) is 20.4. The van der Waals surface area contributed by atoms with Gasteiger partial charge in [-0.2, -0.15) is 13.2 Å². The van der Waals surface area contributed by atoms with Crippen LogP contribution in [0.5, 0.6) is 5.75 Å². The molecule has 1 amide bonds. The molecular weight excluding hydrogens is 561 g/mol. The number of carbonyl (C=O) groups excluding carboxylic acids is 2. The van der Waals surface area contributed by atoms with Crippen molar-refractivity contribution in [3.05, 3.63) is 95.2 Å². The van der Waals surface area contributed by atoms with Gasteiger partial charge in [-0.1, -0.05) is 44.2 Å². The quantitative estimate of drug-likeness (QED) is 0.185. The Morgan fingerprint density at radius 2 is 1.70 bits per heavy atom. The Kier molecular flexibility index (Phi) is 10.0. The van der Waals surface area contributed by atoms with Crippen molar-refractivity contribution in [2.45, 2.75) is 38.9 Å². The molecule has 0 unspecified atom stereocenters. The first-order valence-electron chi connectivity index (χ1n) is 13.8. The van der Waals surface area contributed by atoms with E-state index in [4.69, 9.17) is 9.47 Å². The summed E-state index contributed by atoms with van der Waals surface area (Å²) in [5.41, 5.74) is 1.19. The maximum absolute atomic E-state index is 13.4. The number of halogens is 3. The number of esters is 1. The monoisotopic (exact) mass is 594 g/mol. The summed E-state index contributed by atoms with van der Waals surface area (Å²) in [7, 11) is 1.51. The van der Waals surface area contributed by atoms with Crippen molar-refractivity contribution < 1.29 is 37.3 Å². The molecule has 0 aliphatic heterocycles. The largest absolute Gasteiger partial charge is 0.508 e. The molecule has 0 saturated heterocycles. The van der Waals surface area contributed by atoms with Crippen molar-refractivity contribution in [2.24, 2.45) is 5.92 Å². The maximum Gasteiger partial charge on any atom is 0.416 e. The SMILES string of the molecule is COC[C@H](Cc1ccc(O)cc1)NC(=O)c1cc(C(=O)OCCC(C)C)c2cc(-c3cccc(C(F)(F)F)c3)ccc2n1. The number of benzene rings is 3. The standard InChI is InChI=1S/C33H33F3N2O5/c1-20(2)13-14-43-32(41)28-18-30(31(40)37-25(19-42-3)15-21-7-10-26(39)11-8-21)38-29-12-9-23(17-27(28)29)22-5-4-6-24(16-22)33(34,35)36/h4-12,16-18,20,25,39H,13-15,19H2,1-3H3,(H,37,40)/t25-/m0/s1. The van der Waals surface area contributed by atoms with E-state index in [9.17, 15) is 27.9 Å². The van der Waals surface area contributed by atoms with Gasteiger partial charge in [-0.05, 0) is 77.9 Å². The van der Waals surface area contributed by atoms with Crippen molar-refractivity contribution in [3.8, 4) is 16.9 Å². The number of hydrogen-bond acceptors (Lipinski definition) is 6. The molecule has 4 aromatic rings. The molecule has 226 valence electrons. The molecule has 4 rings (SSSR count). The van der Waals surface area contributed by atoms with Crippen LogP contribution in [0.3, 0.4) is 0 Å². The molecule has 2 N–H and O–H groups in total. The molecule has 1 heterocycles. The minimum Gasteiger partial charge on any atom is -0.508 e. The van der Waals surface area contributed by atoms with Gasteiger partial charge in [0.2, 0.25) is 0 Å². The smallest absolute Gasteiger partial charge is 0.416 e. The highest BCUT2D eigenvalue weighted by Crippen LogP contribution is 2.33. The maximum atomic E-state index is 13.4. The number of aromatic hydroxyl groups is 1. The Balaban J connectivity index is 1.70. The summed E-state index contributed by atoms with van der Waals surface area (Å²) in [6.45, 7) is 4.35. The number of phenolic OH excluding ortho intramolecular Hbond substituents is 1. The number of pyridine rings is 1. The Morgan fingerprint density at radius 1 is 0.977 bits per heavy atom. The second-order valence-corrected chi connectivity index (χ2v) is 10.7. The van der Waals surface area contributed by atoms with Crippen LogP contribution in [0.2, 0.25) is 0 Å². The van der Waals surface area contributed by atoms with E-state index in [2.05, 4.69) is 10.3 Å². The summed E-state index contributed by atoms with van der Waals surface area (Å²) < 4.78 is 50.9. The first kappa shape index (κ1) is 31.5. The topological polar surface area (TPSA) is 97.8 Å². The summed E-state index contributed by atoms with van der Waals surface area (Å²) in [6, 6.07) is 17.1. The van der Waals surface area contributed by atoms with Crippen LogP contribution in [0, 0.1) is 5.92 Å². The van der Waals surface area contributed by atoms with Gasteiger partial charge in [0.1, 0.15) is 11.4 Å². The third-order valence-electron chi connectivity index (χ3n) is 6.83. The fourth-order valence-corrected chi connectivity index (χ4v) is 4.56. The molecule has 0 radical (unpaired) electrons. The van der Waals surface area contributed by atoms with Crippen LogP contribution in [-0.2, 0) is 22.1 Å². The molecule has 7 nitrogen and oxygen atoms in total. The van der Waals surface area contributed by atoms with E-state index < -0.39 is 29.7 Å².